The van der Waals surface area contributed by atoms with E-state index in [2.05, 4.69) is 0 Å². The predicted octanol–water partition coefficient (Wildman–Crippen LogP) is -0.160. The number of carbonyl (C=O) groups excluding carboxylic acids is 1. The summed E-state index contributed by atoms with van der Waals surface area (Å²) < 4.78 is 22.8. The molecule has 1 N–H and O–H groups in total. The smallest absolute Gasteiger partial charge is 0.323 e. The monoisotopic (exact) mass is 295 g/mol. The fraction of sp³-hybridized carbons (Fsp3) is 0.800. The minimum Gasteiger partial charge on any atom is -0.480 e. The molecule has 0 aromatic rings. The van der Waals surface area contributed by atoms with Gasteiger partial charge in [-0.25, -0.2) is 8.42 Å². The van der Waals surface area contributed by atoms with Gasteiger partial charge in [-0.3, -0.25) is 9.59 Å². The zero-order chi connectivity index (χ0) is 13.8. The molecule has 1 aliphatic rings. The summed E-state index contributed by atoms with van der Waals surface area (Å²) in [5.41, 5.74) is 0. The number of hydrogen-bond acceptors (Lipinski definition) is 5. The number of sulfone groups is 1. The molecule has 1 heterocycles. The standard InChI is InChI=1S/C10H17NO5S2/c1-17-4-2-9(12)11(6-10(13)14)8-3-5-18(15,16)7-8/h8H,2-7H2,1H3,(H,13,14). The van der Waals surface area contributed by atoms with E-state index in [-0.39, 0.29) is 23.8 Å². The van der Waals surface area contributed by atoms with Crippen LogP contribution in [0.1, 0.15) is 12.8 Å². The molecular formula is C10H17NO5S2. The van der Waals surface area contributed by atoms with Crippen LogP contribution < -0.4 is 0 Å². The number of carbonyl (C=O) groups is 2. The van der Waals surface area contributed by atoms with E-state index in [1.807, 2.05) is 6.26 Å². The maximum Gasteiger partial charge on any atom is 0.323 e. The lowest BCUT2D eigenvalue weighted by Gasteiger charge is -2.26. The highest BCUT2D eigenvalue weighted by molar-refractivity contribution is 7.98. The number of rotatable bonds is 6. The Morgan fingerprint density at radius 1 is 1.44 bits per heavy atom. The molecule has 1 rings (SSSR count). The van der Waals surface area contributed by atoms with E-state index in [4.69, 9.17) is 5.11 Å². The molecule has 1 fully saturated rings. The van der Waals surface area contributed by atoms with Gasteiger partial charge in [0.05, 0.1) is 11.5 Å². The van der Waals surface area contributed by atoms with E-state index >= 15 is 0 Å². The molecule has 0 bridgehead atoms. The van der Waals surface area contributed by atoms with E-state index in [9.17, 15) is 18.0 Å². The molecule has 1 unspecified atom stereocenters. The quantitative estimate of drug-likeness (QED) is 0.732. The third-order valence-corrected chi connectivity index (χ3v) is 5.16. The van der Waals surface area contributed by atoms with Crippen LogP contribution in [0.3, 0.4) is 0 Å². The van der Waals surface area contributed by atoms with Crippen LogP contribution in [-0.4, -0.2) is 66.4 Å². The van der Waals surface area contributed by atoms with Crippen molar-refractivity contribution in [2.45, 2.75) is 18.9 Å². The van der Waals surface area contributed by atoms with Crippen molar-refractivity contribution in [3.05, 3.63) is 0 Å². The summed E-state index contributed by atoms with van der Waals surface area (Å²) >= 11 is 1.50. The van der Waals surface area contributed by atoms with E-state index in [0.717, 1.165) is 0 Å². The first-order valence-electron chi connectivity index (χ1n) is 5.56. The van der Waals surface area contributed by atoms with Gasteiger partial charge in [0, 0.05) is 18.2 Å². The molecule has 0 aromatic heterocycles. The van der Waals surface area contributed by atoms with Crippen molar-refractivity contribution in [3.8, 4) is 0 Å². The number of hydrogen-bond donors (Lipinski definition) is 1. The molecule has 0 saturated carbocycles. The Bertz CT molecular complexity index is 420. The SMILES string of the molecule is CSCCC(=O)N(CC(=O)O)C1CCS(=O)(=O)C1. The molecule has 104 valence electrons. The number of aliphatic carboxylic acids is 1. The lowest BCUT2D eigenvalue weighted by Crippen LogP contribution is -2.44. The first kappa shape index (κ1) is 15.3. The normalized spacial score (nSPS) is 21.7. The van der Waals surface area contributed by atoms with Gasteiger partial charge in [-0.2, -0.15) is 11.8 Å². The molecule has 8 heteroatoms. The highest BCUT2D eigenvalue weighted by atomic mass is 32.2. The van der Waals surface area contributed by atoms with Gasteiger partial charge in [0.25, 0.3) is 0 Å². The molecule has 1 atom stereocenters. The predicted molar refractivity (Wildman–Crippen MR) is 69.4 cm³/mol. The number of carboxylic acids is 1. The van der Waals surface area contributed by atoms with Crippen LogP contribution in [0.15, 0.2) is 0 Å². The third-order valence-electron chi connectivity index (χ3n) is 2.80. The van der Waals surface area contributed by atoms with Gasteiger partial charge in [-0.05, 0) is 12.7 Å². The summed E-state index contributed by atoms with van der Waals surface area (Å²) in [7, 11) is -3.12. The van der Waals surface area contributed by atoms with Gasteiger partial charge < -0.3 is 10.0 Å². The minimum absolute atomic E-state index is 0.0313. The lowest BCUT2D eigenvalue weighted by atomic mass is 10.2. The van der Waals surface area contributed by atoms with Crippen molar-refractivity contribution in [2.24, 2.45) is 0 Å². The Kier molecular flexibility index (Phi) is 5.46. The van der Waals surface area contributed by atoms with Crippen LogP contribution in [0.4, 0.5) is 0 Å². The van der Waals surface area contributed by atoms with Crippen LogP contribution in [0.5, 0.6) is 0 Å². The average Bonchev–Trinajstić information content (AvgIpc) is 2.63. The maximum atomic E-state index is 11.9. The second-order valence-corrected chi connectivity index (χ2v) is 7.43. The summed E-state index contributed by atoms with van der Waals surface area (Å²) in [4.78, 5) is 23.8. The topological polar surface area (TPSA) is 91.8 Å². The Labute approximate surface area is 111 Å². The number of nitrogens with zero attached hydrogens (tertiary/aromatic N) is 1. The largest absolute Gasteiger partial charge is 0.480 e. The van der Waals surface area contributed by atoms with Crippen LogP contribution in [0.2, 0.25) is 0 Å². The molecule has 1 amide bonds. The van der Waals surface area contributed by atoms with E-state index < -0.39 is 28.4 Å². The maximum absolute atomic E-state index is 11.9. The van der Waals surface area contributed by atoms with E-state index in [0.29, 0.717) is 12.2 Å². The molecule has 0 aromatic carbocycles. The molecule has 0 aliphatic carbocycles. The molecular weight excluding hydrogens is 278 g/mol. The van der Waals surface area contributed by atoms with Gasteiger partial charge in [-0.15, -0.1) is 0 Å². The van der Waals surface area contributed by atoms with Crippen molar-refractivity contribution in [2.75, 3.05) is 30.1 Å². The second-order valence-electron chi connectivity index (χ2n) is 4.22. The summed E-state index contributed by atoms with van der Waals surface area (Å²) in [6, 6.07) is -0.486. The van der Waals surface area contributed by atoms with Crippen LogP contribution in [0, 0.1) is 0 Å². The van der Waals surface area contributed by atoms with Gasteiger partial charge >= 0.3 is 5.97 Å². The van der Waals surface area contributed by atoms with Crippen molar-refractivity contribution < 1.29 is 23.1 Å². The summed E-state index contributed by atoms with van der Waals surface area (Å²) in [5.74, 6) is -0.880. The molecule has 0 spiro atoms. The highest BCUT2D eigenvalue weighted by Gasteiger charge is 2.35. The average molecular weight is 295 g/mol. The van der Waals surface area contributed by atoms with Gasteiger partial charge in [0.2, 0.25) is 5.91 Å². The van der Waals surface area contributed by atoms with Crippen LogP contribution >= 0.6 is 11.8 Å². The summed E-state index contributed by atoms with van der Waals surface area (Å²) in [5, 5.41) is 8.80. The minimum atomic E-state index is -3.12. The number of thioether (sulfide) groups is 1. The van der Waals surface area contributed by atoms with Crippen LogP contribution in [-0.2, 0) is 19.4 Å². The Morgan fingerprint density at radius 3 is 2.56 bits per heavy atom. The zero-order valence-electron chi connectivity index (χ0n) is 10.2. The fourth-order valence-corrected chi connectivity index (χ4v) is 4.03. The summed E-state index contributed by atoms with van der Waals surface area (Å²) in [6.45, 7) is -0.423. The van der Waals surface area contributed by atoms with Crippen molar-refractivity contribution in [3.63, 3.8) is 0 Å². The Morgan fingerprint density at radius 2 is 2.11 bits per heavy atom. The first-order chi connectivity index (χ1) is 8.35. The number of amides is 1. The molecule has 6 nitrogen and oxygen atoms in total. The van der Waals surface area contributed by atoms with Crippen LogP contribution in [0.25, 0.3) is 0 Å². The van der Waals surface area contributed by atoms with E-state index in [1.165, 1.54) is 16.7 Å². The zero-order valence-corrected chi connectivity index (χ0v) is 11.8. The number of carboxylic acid groups (broad SMARTS) is 1. The third kappa shape index (κ3) is 4.49. The van der Waals surface area contributed by atoms with Gasteiger partial charge in [0.1, 0.15) is 6.54 Å². The summed E-state index contributed by atoms with van der Waals surface area (Å²) in [6.07, 6.45) is 2.43. The van der Waals surface area contributed by atoms with E-state index in [1.54, 1.807) is 0 Å². The molecule has 1 saturated heterocycles. The van der Waals surface area contributed by atoms with Crippen molar-refractivity contribution >= 4 is 33.5 Å². The van der Waals surface area contributed by atoms with Gasteiger partial charge in [-0.1, -0.05) is 0 Å². The molecule has 18 heavy (non-hydrogen) atoms. The first-order valence-corrected chi connectivity index (χ1v) is 8.78. The Balaban J connectivity index is 2.72. The van der Waals surface area contributed by atoms with Crippen molar-refractivity contribution in [1.29, 1.82) is 0 Å². The molecule has 0 radical (unpaired) electrons. The second kappa shape index (κ2) is 6.42. The fourth-order valence-electron chi connectivity index (χ4n) is 1.92. The lowest BCUT2D eigenvalue weighted by molar-refractivity contribution is -0.145. The Hall–Kier alpha value is -0.760. The molecule has 1 aliphatic heterocycles. The van der Waals surface area contributed by atoms with Crippen molar-refractivity contribution in [1.82, 2.24) is 4.90 Å². The van der Waals surface area contributed by atoms with Gasteiger partial charge in [0.15, 0.2) is 9.84 Å². The highest BCUT2D eigenvalue weighted by Crippen LogP contribution is 2.18.